The molecule has 1 aromatic rings. The summed E-state index contributed by atoms with van der Waals surface area (Å²) in [5.74, 6) is 0.779. The summed E-state index contributed by atoms with van der Waals surface area (Å²) in [6.07, 6.45) is 3.66. The van der Waals surface area contributed by atoms with Crippen LogP contribution in [0.5, 0.6) is 0 Å². The Bertz CT molecular complexity index is 286. The normalized spacial score (nSPS) is 10.7. The maximum Gasteiger partial charge on any atom is 0.225 e. The molecule has 1 heterocycles. The van der Waals surface area contributed by atoms with E-state index in [0.717, 1.165) is 22.6 Å². The number of halogens is 1. The second kappa shape index (κ2) is 6.22. The van der Waals surface area contributed by atoms with E-state index in [2.05, 4.69) is 51.7 Å². The van der Waals surface area contributed by atoms with Crippen molar-refractivity contribution < 1.29 is 0 Å². The molecule has 0 radical (unpaired) electrons. The third kappa shape index (κ3) is 4.74. The summed E-state index contributed by atoms with van der Waals surface area (Å²) in [4.78, 5) is 10.6. The second-order valence-corrected chi connectivity index (χ2v) is 4.98. The Kier molecular flexibility index (Phi) is 5.24. The van der Waals surface area contributed by atoms with E-state index < -0.39 is 0 Å². The van der Waals surface area contributed by atoms with Crippen LogP contribution in [-0.2, 0) is 0 Å². The van der Waals surface area contributed by atoms with E-state index >= 15 is 0 Å². The number of nitrogens with one attached hydrogen (secondary N) is 1. The molecule has 0 spiro atoms. The van der Waals surface area contributed by atoms with Gasteiger partial charge in [0.15, 0.2) is 0 Å². The fourth-order valence-electron chi connectivity index (χ4n) is 1.12. The lowest BCUT2D eigenvalue weighted by Crippen LogP contribution is -2.33. The van der Waals surface area contributed by atoms with E-state index in [1.54, 1.807) is 0 Å². The zero-order valence-electron chi connectivity index (χ0n) is 9.37. The highest BCUT2D eigenvalue weighted by molar-refractivity contribution is 14.1. The number of nitrogens with zero attached hydrogens (tertiary/aromatic N) is 3. The molecule has 84 valence electrons. The van der Waals surface area contributed by atoms with Crippen molar-refractivity contribution in [1.82, 2.24) is 15.3 Å². The largest absolute Gasteiger partial charge is 0.343 e. The average Bonchev–Trinajstić information content (AvgIpc) is 2.18. The average molecular weight is 320 g/mol. The molecule has 5 heteroatoms. The molecule has 4 nitrogen and oxygen atoms in total. The van der Waals surface area contributed by atoms with Crippen LogP contribution in [0.1, 0.15) is 13.8 Å². The van der Waals surface area contributed by atoms with Gasteiger partial charge in [-0.25, -0.2) is 9.97 Å². The van der Waals surface area contributed by atoms with Gasteiger partial charge in [0.05, 0.1) is 0 Å². The number of aromatic nitrogens is 2. The number of rotatable bonds is 5. The molecule has 1 N–H and O–H groups in total. The highest BCUT2D eigenvalue weighted by Crippen LogP contribution is 2.05. The van der Waals surface area contributed by atoms with E-state index in [1.165, 1.54) is 0 Å². The van der Waals surface area contributed by atoms with Crippen molar-refractivity contribution in [2.75, 3.05) is 25.0 Å². The maximum absolute atomic E-state index is 4.26. The van der Waals surface area contributed by atoms with E-state index in [9.17, 15) is 0 Å². The number of likely N-dealkylation sites (N-methyl/N-ethyl adjacent to an activating group) is 1. The van der Waals surface area contributed by atoms with Gasteiger partial charge in [-0.2, -0.15) is 0 Å². The van der Waals surface area contributed by atoms with Gasteiger partial charge in [0.1, 0.15) is 0 Å². The van der Waals surface area contributed by atoms with Gasteiger partial charge >= 0.3 is 0 Å². The zero-order valence-corrected chi connectivity index (χ0v) is 11.5. The SMILES string of the molecule is CC(C)NCCN(C)c1ncc(I)cn1. The van der Waals surface area contributed by atoms with Crippen LogP contribution in [0.2, 0.25) is 0 Å². The molecule has 0 aliphatic heterocycles. The summed E-state index contributed by atoms with van der Waals surface area (Å²) >= 11 is 2.20. The molecule has 0 amide bonds. The van der Waals surface area contributed by atoms with E-state index in [-0.39, 0.29) is 0 Å². The fraction of sp³-hybridized carbons (Fsp3) is 0.600. The Morgan fingerprint density at radius 1 is 1.40 bits per heavy atom. The highest BCUT2D eigenvalue weighted by Gasteiger charge is 2.03. The van der Waals surface area contributed by atoms with Gasteiger partial charge < -0.3 is 10.2 Å². The Morgan fingerprint density at radius 2 is 2.00 bits per heavy atom. The number of hydrogen-bond donors (Lipinski definition) is 1. The maximum atomic E-state index is 4.26. The van der Waals surface area contributed by atoms with Crippen molar-refractivity contribution in [3.05, 3.63) is 16.0 Å². The molecule has 1 aromatic heterocycles. The zero-order chi connectivity index (χ0) is 11.3. The van der Waals surface area contributed by atoms with Crippen molar-refractivity contribution in [3.8, 4) is 0 Å². The predicted octanol–water partition coefficient (Wildman–Crippen LogP) is 1.52. The molecular formula is C10H17IN4. The molecule has 0 unspecified atom stereocenters. The lowest BCUT2D eigenvalue weighted by Gasteiger charge is -2.17. The van der Waals surface area contributed by atoms with Crippen LogP contribution < -0.4 is 10.2 Å². The minimum Gasteiger partial charge on any atom is -0.343 e. The molecule has 0 saturated heterocycles. The van der Waals surface area contributed by atoms with Crippen molar-refractivity contribution in [3.63, 3.8) is 0 Å². The molecule has 0 aliphatic carbocycles. The van der Waals surface area contributed by atoms with Crippen molar-refractivity contribution in [2.24, 2.45) is 0 Å². The standard InChI is InChI=1S/C10H17IN4/c1-8(2)12-4-5-15(3)10-13-6-9(11)7-14-10/h6-8,12H,4-5H2,1-3H3. The first-order valence-corrected chi connectivity index (χ1v) is 6.09. The highest BCUT2D eigenvalue weighted by atomic mass is 127. The molecule has 15 heavy (non-hydrogen) atoms. The van der Waals surface area contributed by atoms with Crippen molar-refractivity contribution in [1.29, 1.82) is 0 Å². The summed E-state index contributed by atoms with van der Waals surface area (Å²) in [6, 6.07) is 0.524. The van der Waals surface area contributed by atoms with Gasteiger partial charge in [-0.15, -0.1) is 0 Å². The first-order valence-electron chi connectivity index (χ1n) is 5.01. The quantitative estimate of drug-likeness (QED) is 0.835. The molecule has 0 bridgehead atoms. The molecule has 0 saturated carbocycles. The van der Waals surface area contributed by atoms with Gasteiger partial charge in [-0.3, -0.25) is 0 Å². The van der Waals surface area contributed by atoms with Gasteiger partial charge in [0.25, 0.3) is 0 Å². The minimum absolute atomic E-state index is 0.524. The predicted molar refractivity (Wildman–Crippen MR) is 71.2 cm³/mol. The lowest BCUT2D eigenvalue weighted by molar-refractivity contribution is 0.587. The molecule has 0 atom stereocenters. The van der Waals surface area contributed by atoms with Gasteiger partial charge in [-0.1, -0.05) is 13.8 Å². The summed E-state index contributed by atoms with van der Waals surface area (Å²) in [5, 5.41) is 3.36. The monoisotopic (exact) mass is 320 g/mol. The van der Waals surface area contributed by atoms with Crippen LogP contribution in [0.15, 0.2) is 12.4 Å². The van der Waals surface area contributed by atoms with Crippen LogP contribution in [-0.4, -0.2) is 36.1 Å². The van der Waals surface area contributed by atoms with E-state index in [1.807, 2.05) is 24.3 Å². The van der Waals surface area contributed by atoms with Crippen LogP contribution in [0.4, 0.5) is 5.95 Å². The summed E-state index contributed by atoms with van der Waals surface area (Å²) in [7, 11) is 2.00. The second-order valence-electron chi connectivity index (χ2n) is 3.73. The summed E-state index contributed by atoms with van der Waals surface area (Å²) < 4.78 is 1.06. The minimum atomic E-state index is 0.524. The topological polar surface area (TPSA) is 41.0 Å². The van der Waals surface area contributed by atoms with Crippen LogP contribution in [0.3, 0.4) is 0 Å². The van der Waals surface area contributed by atoms with Crippen LogP contribution in [0.25, 0.3) is 0 Å². The third-order valence-electron chi connectivity index (χ3n) is 1.95. The number of anilines is 1. The Balaban J connectivity index is 2.40. The molecular weight excluding hydrogens is 303 g/mol. The van der Waals surface area contributed by atoms with E-state index in [4.69, 9.17) is 0 Å². The van der Waals surface area contributed by atoms with Crippen LogP contribution in [0, 0.1) is 3.57 Å². The first-order chi connectivity index (χ1) is 7.09. The molecule has 0 fully saturated rings. The first kappa shape index (κ1) is 12.6. The summed E-state index contributed by atoms with van der Waals surface area (Å²) in [5.41, 5.74) is 0. The van der Waals surface area contributed by atoms with E-state index in [0.29, 0.717) is 6.04 Å². The van der Waals surface area contributed by atoms with Crippen molar-refractivity contribution in [2.45, 2.75) is 19.9 Å². The van der Waals surface area contributed by atoms with Crippen LogP contribution >= 0.6 is 22.6 Å². The third-order valence-corrected chi connectivity index (χ3v) is 2.50. The smallest absolute Gasteiger partial charge is 0.225 e. The van der Waals surface area contributed by atoms with Gasteiger partial charge in [0.2, 0.25) is 5.95 Å². The Morgan fingerprint density at radius 3 is 2.53 bits per heavy atom. The molecule has 1 rings (SSSR count). The van der Waals surface area contributed by atoms with Crippen molar-refractivity contribution >= 4 is 28.5 Å². The summed E-state index contributed by atoms with van der Waals surface area (Å²) in [6.45, 7) is 6.14. The number of hydrogen-bond acceptors (Lipinski definition) is 4. The fourth-order valence-corrected chi connectivity index (χ4v) is 1.40. The Hall–Kier alpha value is -0.430. The molecule has 0 aromatic carbocycles. The van der Waals surface area contributed by atoms with Gasteiger partial charge in [-0.05, 0) is 22.6 Å². The van der Waals surface area contributed by atoms with Gasteiger partial charge in [0, 0.05) is 42.1 Å². The molecule has 0 aliphatic rings. The Labute approximate surface area is 105 Å². The lowest BCUT2D eigenvalue weighted by atomic mass is 10.4.